The number of hydrogen-bond acceptors (Lipinski definition) is 3. The van der Waals surface area contributed by atoms with Crippen LogP contribution in [0.2, 0.25) is 0 Å². The molecule has 0 N–H and O–H groups in total. The fourth-order valence-corrected chi connectivity index (χ4v) is 0.778. The molecule has 0 saturated heterocycles. The van der Waals surface area contributed by atoms with Crippen molar-refractivity contribution < 1.29 is 14.3 Å². The molecule has 1 rings (SSSR count). The van der Waals surface area contributed by atoms with E-state index in [1.807, 2.05) is 0 Å². The minimum absolute atomic E-state index is 0.334. The molecule has 0 bridgehead atoms. The van der Waals surface area contributed by atoms with Crippen LogP contribution in [0, 0.1) is 5.92 Å². The molecule has 4 heteroatoms. The van der Waals surface area contributed by atoms with Gasteiger partial charge in [-0.1, -0.05) is 0 Å². The first-order chi connectivity index (χ1) is 5.24. The summed E-state index contributed by atoms with van der Waals surface area (Å²) in [4.78, 5) is 10.9. The maximum Gasteiger partial charge on any atom is 0.346 e. The smallest absolute Gasteiger partial charge is 0.346 e. The molecule has 0 amide bonds. The number of esters is 1. The van der Waals surface area contributed by atoms with E-state index in [1.165, 1.54) is 20.0 Å². The minimum Gasteiger partial charge on any atom is -0.463 e. The van der Waals surface area contributed by atoms with Crippen molar-refractivity contribution in [2.45, 2.75) is 17.9 Å². The Labute approximate surface area is 74.2 Å². The van der Waals surface area contributed by atoms with Gasteiger partial charge >= 0.3 is 5.97 Å². The highest BCUT2D eigenvalue weighted by atomic mass is 79.9. The lowest BCUT2D eigenvalue weighted by molar-refractivity contribution is -0.150. The van der Waals surface area contributed by atoms with Crippen molar-refractivity contribution in [1.29, 1.82) is 0 Å². The van der Waals surface area contributed by atoms with Gasteiger partial charge in [0.1, 0.15) is 0 Å². The molecule has 0 aromatic rings. The molecule has 1 fully saturated rings. The normalized spacial score (nSPS) is 19.5. The average Bonchev–Trinajstić information content (AvgIpc) is 2.81. The van der Waals surface area contributed by atoms with Crippen LogP contribution in [0.1, 0.15) is 12.8 Å². The summed E-state index contributed by atoms with van der Waals surface area (Å²) in [5.74, 6) is 0.273. The summed E-state index contributed by atoms with van der Waals surface area (Å²) in [7, 11) is 1.46. The predicted molar refractivity (Wildman–Crippen MR) is 43.4 cm³/mol. The van der Waals surface area contributed by atoms with Crippen LogP contribution in [0.4, 0.5) is 0 Å². The van der Waals surface area contributed by atoms with E-state index in [-0.39, 0.29) is 5.97 Å². The number of ether oxygens (including phenoxy) is 2. The number of carbonyl (C=O) groups is 1. The van der Waals surface area contributed by atoms with Crippen molar-refractivity contribution in [2.75, 3.05) is 13.7 Å². The van der Waals surface area contributed by atoms with E-state index in [9.17, 15) is 4.79 Å². The minimum atomic E-state index is -0.610. The highest BCUT2D eigenvalue weighted by Gasteiger charge is 2.24. The molecule has 1 saturated carbocycles. The summed E-state index contributed by atoms with van der Waals surface area (Å²) in [6.07, 6.45) is 2.38. The summed E-state index contributed by atoms with van der Waals surface area (Å²) in [6.45, 7) is 0.546. The lowest BCUT2D eigenvalue weighted by Crippen LogP contribution is -2.19. The third-order valence-corrected chi connectivity index (χ3v) is 2.30. The second-order valence-electron chi connectivity index (χ2n) is 2.63. The largest absolute Gasteiger partial charge is 0.463 e. The fourth-order valence-electron chi connectivity index (χ4n) is 0.646. The predicted octanol–water partition coefficient (Wildman–Crippen LogP) is 1.31. The Morgan fingerprint density at radius 2 is 2.36 bits per heavy atom. The topological polar surface area (TPSA) is 35.5 Å². The van der Waals surface area contributed by atoms with E-state index in [4.69, 9.17) is 9.47 Å². The van der Waals surface area contributed by atoms with Crippen LogP contribution in [0.15, 0.2) is 0 Å². The lowest BCUT2D eigenvalue weighted by atomic mass is 10.5. The Kier molecular flexibility index (Phi) is 3.33. The number of halogens is 1. The molecule has 1 unspecified atom stereocenters. The van der Waals surface area contributed by atoms with E-state index in [0.29, 0.717) is 12.5 Å². The number of carbonyl (C=O) groups excluding carboxylic acids is 1. The maximum absolute atomic E-state index is 10.9. The molecule has 0 aliphatic heterocycles. The molecule has 0 aromatic carbocycles. The van der Waals surface area contributed by atoms with Crippen LogP contribution in [-0.4, -0.2) is 24.7 Å². The molecule has 64 valence electrons. The first kappa shape index (κ1) is 9.00. The molecule has 0 spiro atoms. The van der Waals surface area contributed by atoms with E-state index in [1.54, 1.807) is 0 Å². The summed E-state index contributed by atoms with van der Waals surface area (Å²) < 4.78 is 9.61. The molecule has 11 heavy (non-hydrogen) atoms. The van der Waals surface area contributed by atoms with Crippen molar-refractivity contribution in [3.63, 3.8) is 0 Å². The number of alkyl halides is 1. The van der Waals surface area contributed by atoms with Crippen LogP contribution >= 0.6 is 15.9 Å². The van der Waals surface area contributed by atoms with Crippen molar-refractivity contribution in [2.24, 2.45) is 5.92 Å². The summed E-state index contributed by atoms with van der Waals surface area (Å²) in [5.41, 5.74) is 0. The maximum atomic E-state index is 10.9. The van der Waals surface area contributed by atoms with Gasteiger partial charge in [-0.05, 0) is 34.7 Å². The quantitative estimate of drug-likeness (QED) is 0.532. The molecule has 0 radical (unpaired) electrons. The van der Waals surface area contributed by atoms with E-state index in [2.05, 4.69) is 15.9 Å². The highest BCUT2D eigenvalue weighted by molar-refractivity contribution is 9.09. The van der Waals surface area contributed by atoms with Crippen LogP contribution in [0.5, 0.6) is 0 Å². The van der Waals surface area contributed by atoms with E-state index in [0.717, 1.165) is 0 Å². The van der Waals surface area contributed by atoms with Gasteiger partial charge in [-0.3, -0.25) is 0 Å². The van der Waals surface area contributed by atoms with Crippen LogP contribution in [-0.2, 0) is 14.3 Å². The van der Waals surface area contributed by atoms with Gasteiger partial charge in [0.2, 0.25) is 5.01 Å². The lowest BCUT2D eigenvalue weighted by Gasteiger charge is -2.06. The Bertz CT molecular complexity index is 145. The van der Waals surface area contributed by atoms with E-state index < -0.39 is 5.01 Å². The fraction of sp³-hybridized carbons (Fsp3) is 0.857. The molecule has 1 aliphatic rings. The highest BCUT2D eigenvalue weighted by Crippen LogP contribution is 2.29. The van der Waals surface area contributed by atoms with Crippen LogP contribution in [0.25, 0.3) is 0 Å². The third kappa shape index (κ3) is 3.20. The standard InChI is InChI=1S/C7H11BrO3/c1-10-6(8)7(9)11-4-5-2-3-5/h5-6H,2-4H2,1H3. The van der Waals surface area contributed by atoms with Crippen LogP contribution < -0.4 is 0 Å². The van der Waals surface area contributed by atoms with Crippen molar-refractivity contribution in [3.05, 3.63) is 0 Å². The Morgan fingerprint density at radius 1 is 1.73 bits per heavy atom. The molecular weight excluding hydrogens is 212 g/mol. The Balaban J connectivity index is 2.08. The summed E-state index contributed by atoms with van der Waals surface area (Å²) in [5, 5.41) is -0.610. The molecule has 0 heterocycles. The number of hydrogen-bond donors (Lipinski definition) is 0. The number of methoxy groups -OCH3 is 1. The Morgan fingerprint density at radius 3 is 2.82 bits per heavy atom. The molecular formula is C7H11BrO3. The van der Waals surface area contributed by atoms with Gasteiger partial charge in [-0.25, -0.2) is 4.79 Å². The van der Waals surface area contributed by atoms with Gasteiger partial charge in [0.15, 0.2) is 0 Å². The van der Waals surface area contributed by atoms with Gasteiger partial charge in [-0.15, -0.1) is 0 Å². The van der Waals surface area contributed by atoms with Gasteiger partial charge < -0.3 is 9.47 Å². The van der Waals surface area contributed by atoms with E-state index >= 15 is 0 Å². The zero-order valence-electron chi connectivity index (χ0n) is 6.38. The monoisotopic (exact) mass is 222 g/mol. The average molecular weight is 223 g/mol. The second-order valence-corrected chi connectivity index (χ2v) is 3.46. The summed E-state index contributed by atoms with van der Waals surface area (Å²) in [6, 6.07) is 0. The third-order valence-electron chi connectivity index (χ3n) is 1.55. The van der Waals surface area contributed by atoms with Crippen molar-refractivity contribution in [3.8, 4) is 0 Å². The molecule has 0 aromatic heterocycles. The van der Waals surface area contributed by atoms with Gasteiger partial charge in [0.25, 0.3) is 0 Å². The van der Waals surface area contributed by atoms with Crippen molar-refractivity contribution in [1.82, 2.24) is 0 Å². The first-order valence-corrected chi connectivity index (χ1v) is 4.49. The van der Waals surface area contributed by atoms with Gasteiger partial charge in [-0.2, -0.15) is 0 Å². The van der Waals surface area contributed by atoms with Gasteiger partial charge in [0.05, 0.1) is 6.61 Å². The van der Waals surface area contributed by atoms with Crippen LogP contribution in [0.3, 0.4) is 0 Å². The summed E-state index contributed by atoms with van der Waals surface area (Å²) >= 11 is 3.02. The zero-order valence-corrected chi connectivity index (χ0v) is 7.96. The molecule has 3 nitrogen and oxygen atoms in total. The second kappa shape index (κ2) is 4.07. The first-order valence-electron chi connectivity index (χ1n) is 3.57. The van der Waals surface area contributed by atoms with Gasteiger partial charge in [0, 0.05) is 7.11 Å². The SMILES string of the molecule is COC(Br)C(=O)OCC1CC1. The zero-order chi connectivity index (χ0) is 8.27. The molecule has 1 aliphatic carbocycles. The van der Waals surface area contributed by atoms with Crippen molar-refractivity contribution >= 4 is 21.9 Å². The Hall–Kier alpha value is -0.0900. The molecule has 1 atom stereocenters. The number of rotatable bonds is 4.